The number of likely N-dealkylation sites (N-methyl/N-ethyl adjacent to an activating group) is 1. The van der Waals surface area contributed by atoms with Crippen molar-refractivity contribution < 1.29 is 9.53 Å². The molecule has 2 aliphatic rings. The highest BCUT2D eigenvalue weighted by Gasteiger charge is 2.33. The third kappa shape index (κ3) is 5.05. The first-order valence-electron chi connectivity index (χ1n) is 9.20. The Kier molecular flexibility index (Phi) is 5.90. The number of nitrogens with zero attached hydrogens (tertiary/aromatic N) is 2. The topological polar surface area (TPSA) is 32.8 Å². The van der Waals surface area contributed by atoms with Gasteiger partial charge in [-0.25, -0.2) is 0 Å². The highest BCUT2D eigenvalue weighted by molar-refractivity contribution is 5.78. The van der Waals surface area contributed by atoms with Crippen molar-refractivity contribution in [2.24, 2.45) is 11.8 Å². The largest absolute Gasteiger partial charge is 0.377 e. The monoisotopic (exact) mass is 330 g/mol. The third-order valence-corrected chi connectivity index (χ3v) is 5.05. The van der Waals surface area contributed by atoms with Gasteiger partial charge in [-0.05, 0) is 51.3 Å². The summed E-state index contributed by atoms with van der Waals surface area (Å²) in [6.07, 6.45) is 4.88. The normalized spacial score (nSPS) is 24.4. The van der Waals surface area contributed by atoms with Gasteiger partial charge < -0.3 is 14.5 Å². The van der Waals surface area contributed by atoms with Gasteiger partial charge in [0.15, 0.2) is 0 Å². The van der Waals surface area contributed by atoms with E-state index in [-0.39, 0.29) is 12.0 Å². The third-order valence-electron chi connectivity index (χ3n) is 5.05. The molecule has 0 spiro atoms. The van der Waals surface area contributed by atoms with Crippen molar-refractivity contribution in [2.75, 3.05) is 40.3 Å². The average Bonchev–Trinajstić information content (AvgIpc) is 3.38. The first-order chi connectivity index (χ1) is 11.6. The number of amides is 1. The quantitative estimate of drug-likeness (QED) is 0.770. The summed E-state index contributed by atoms with van der Waals surface area (Å²) in [4.78, 5) is 16.4. The minimum absolute atomic E-state index is 0.235. The van der Waals surface area contributed by atoms with Crippen LogP contribution in [0.5, 0.6) is 0 Å². The Morgan fingerprint density at radius 3 is 2.62 bits per heavy atom. The molecule has 1 aromatic rings. The molecule has 1 aromatic carbocycles. The minimum Gasteiger partial charge on any atom is -0.377 e. The molecule has 0 unspecified atom stereocenters. The Morgan fingerprint density at radius 1 is 1.21 bits per heavy atom. The zero-order valence-electron chi connectivity index (χ0n) is 15.0. The maximum atomic E-state index is 12.4. The summed E-state index contributed by atoms with van der Waals surface area (Å²) < 4.78 is 6.25. The zero-order valence-corrected chi connectivity index (χ0v) is 15.0. The van der Waals surface area contributed by atoms with Crippen LogP contribution in [0, 0.1) is 11.8 Å². The maximum absolute atomic E-state index is 12.4. The summed E-state index contributed by atoms with van der Waals surface area (Å²) in [5.74, 6) is 1.42. The number of hydrogen-bond acceptors (Lipinski definition) is 3. The number of likely N-dealkylation sites (tertiary alicyclic amines) is 1. The van der Waals surface area contributed by atoms with Crippen LogP contribution in [0.25, 0.3) is 0 Å². The summed E-state index contributed by atoms with van der Waals surface area (Å²) in [7, 11) is 3.90. The fraction of sp³-hybridized carbons (Fsp3) is 0.650. The van der Waals surface area contributed by atoms with E-state index >= 15 is 0 Å². The molecule has 1 aliphatic carbocycles. The molecule has 3 rings (SSSR count). The van der Waals surface area contributed by atoms with E-state index in [1.165, 1.54) is 18.4 Å². The number of rotatable bonds is 7. The van der Waals surface area contributed by atoms with E-state index in [1.54, 1.807) is 0 Å². The molecule has 1 saturated heterocycles. The van der Waals surface area contributed by atoms with Crippen LogP contribution in [-0.2, 0) is 16.0 Å². The van der Waals surface area contributed by atoms with Gasteiger partial charge in [-0.3, -0.25) is 4.79 Å². The van der Waals surface area contributed by atoms with E-state index in [0.29, 0.717) is 12.5 Å². The molecule has 24 heavy (non-hydrogen) atoms. The van der Waals surface area contributed by atoms with Crippen LogP contribution in [0.1, 0.15) is 24.8 Å². The lowest BCUT2D eigenvalue weighted by Gasteiger charge is -2.39. The predicted octanol–water partition coefficient (Wildman–Crippen LogP) is 2.43. The number of carbonyl (C=O) groups excluding carboxylic acids is 1. The smallest absolute Gasteiger partial charge is 0.236 e. The first kappa shape index (κ1) is 17.4. The van der Waals surface area contributed by atoms with Gasteiger partial charge in [0.2, 0.25) is 5.91 Å². The van der Waals surface area contributed by atoms with E-state index in [4.69, 9.17) is 4.74 Å². The Labute approximate surface area is 145 Å². The SMILES string of the molecule is CN(C)CC(=O)N1CC[C@H](OCC2CC2)[C@@H](Cc2ccccc2)C1. The standard InChI is InChI=1S/C20H30N2O2/c1-21(2)14-20(23)22-11-10-19(24-15-17-8-9-17)18(13-22)12-16-6-4-3-5-7-16/h3-7,17-19H,8-15H2,1-2H3/t18-,19-/m0/s1. The molecule has 1 amide bonds. The van der Waals surface area contributed by atoms with Crippen molar-refractivity contribution in [3.63, 3.8) is 0 Å². The van der Waals surface area contributed by atoms with Crippen molar-refractivity contribution in [2.45, 2.75) is 31.8 Å². The molecule has 0 radical (unpaired) electrons. The molecule has 1 heterocycles. The van der Waals surface area contributed by atoms with Crippen LogP contribution in [0.4, 0.5) is 0 Å². The minimum atomic E-state index is 0.235. The molecule has 2 fully saturated rings. The van der Waals surface area contributed by atoms with Crippen molar-refractivity contribution in [1.29, 1.82) is 0 Å². The lowest BCUT2D eigenvalue weighted by molar-refractivity contribution is -0.137. The molecule has 1 saturated carbocycles. The van der Waals surface area contributed by atoms with Crippen LogP contribution in [0.15, 0.2) is 30.3 Å². The molecule has 1 aliphatic heterocycles. The zero-order chi connectivity index (χ0) is 16.9. The van der Waals surface area contributed by atoms with Gasteiger partial charge in [-0.15, -0.1) is 0 Å². The van der Waals surface area contributed by atoms with Gasteiger partial charge in [0.25, 0.3) is 0 Å². The Balaban J connectivity index is 1.62. The van der Waals surface area contributed by atoms with E-state index < -0.39 is 0 Å². The fourth-order valence-corrected chi connectivity index (χ4v) is 3.48. The number of benzene rings is 1. The Morgan fingerprint density at radius 2 is 1.96 bits per heavy atom. The highest BCUT2D eigenvalue weighted by atomic mass is 16.5. The van der Waals surface area contributed by atoms with Gasteiger partial charge in [0, 0.05) is 25.6 Å². The van der Waals surface area contributed by atoms with E-state index in [2.05, 4.69) is 30.3 Å². The lowest BCUT2D eigenvalue weighted by Crippen LogP contribution is -2.49. The molecule has 2 atom stereocenters. The molecular formula is C20H30N2O2. The molecular weight excluding hydrogens is 300 g/mol. The Bertz CT molecular complexity index is 528. The van der Waals surface area contributed by atoms with Gasteiger partial charge in [-0.2, -0.15) is 0 Å². The van der Waals surface area contributed by atoms with Crippen LogP contribution < -0.4 is 0 Å². The molecule has 0 bridgehead atoms. The molecule has 132 valence electrons. The summed E-state index contributed by atoms with van der Waals surface area (Å²) in [6, 6.07) is 10.6. The second-order valence-corrected chi connectivity index (χ2v) is 7.63. The number of piperidine rings is 1. The fourth-order valence-electron chi connectivity index (χ4n) is 3.48. The predicted molar refractivity (Wildman–Crippen MR) is 95.9 cm³/mol. The van der Waals surface area contributed by atoms with Crippen LogP contribution >= 0.6 is 0 Å². The molecule has 0 N–H and O–H groups in total. The second-order valence-electron chi connectivity index (χ2n) is 7.63. The van der Waals surface area contributed by atoms with E-state index in [9.17, 15) is 4.79 Å². The highest BCUT2D eigenvalue weighted by Crippen LogP contribution is 2.31. The van der Waals surface area contributed by atoms with Crippen LogP contribution in [-0.4, -0.2) is 62.1 Å². The molecule has 4 nitrogen and oxygen atoms in total. The summed E-state index contributed by atoms with van der Waals surface area (Å²) in [5, 5.41) is 0. The van der Waals surface area contributed by atoms with Crippen LogP contribution in [0.2, 0.25) is 0 Å². The average molecular weight is 330 g/mol. The summed E-state index contributed by atoms with van der Waals surface area (Å²) in [5.41, 5.74) is 1.34. The van der Waals surface area contributed by atoms with Gasteiger partial charge in [-0.1, -0.05) is 30.3 Å². The van der Waals surface area contributed by atoms with Gasteiger partial charge in [0.1, 0.15) is 0 Å². The van der Waals surface area contributed by atoms with Crippen molar-refractivity contribution in [1.82, 2.24) is 9.80 Å². The number of ether oxygens (including phenoxy) is 1. The van der Waals surface area contributed by atoms with Gasteiger partial charge in [0.05, 0.1) is 12.6 Å². The van der Waals surface area contributed by atoms with Gasteiger partial charge >= 0.3 is 0 Å². The number of carbonyl (C=O) groups is 1. The molecule has 0 aromatic heterocycles. The molecule has 4 heteroatoms. The maximum Gasteiger partial charge on any atom is 0.236 e. The van der Waals surface area contributed by atoms with E-state index in [0.717, 1.165) is 38.5 Å². The number of hydrogen-bond donors (Lipinski definition) is 0. The van der Waals surface area contributed by atoms with Crippen molar-refractivity contribution >= 4 is 5.91 Å². The summed E-state index contributed by atoms with van der Waals surface area (Å²) >= 11 is 0. The van der Waals surface area contributed by atoms with Crippen molar-refractivity contribution in [3.8, 4) is 0 Å². The summed E-state index contributed by atoms with van der Waals surface area (Å²) in [6.45, 7) is 3.04. The lowest BCUT2D eigenvalue weighted by atomic mass is 9.88. The Hall–Kier alpha value is -1.39. The van der Waals surface area contributed by atoms with E-state index in [1.807, 2.05) is 23.9 Å². The first-order valence-corrected chi connectivity index (χ1v) is 9.20. The van der Waals surface area contributed by atoms with Crippen LogP contribution in [0.3, 0.4) is 0 Å². The van der Waals surface area contributed by atoms with Crippen molar-refractivity contribution in [3.05, 3.63) is 35.9 Å². The second kappa shape index (κ2) is 8.13.